The zero-order chi connectivity index (χ0) is 15.5. The highest BCUT2D eigenvalue weighted by atomic mass is 32.2. The van der Waals surface area contributed by atoms with Crippen molar-refractivity contribution in [2.24, 2.45) is 5.92 Å². The summed E-state index contributed by atoms with van der Waals surface area (Å²) in [6.07, 6.45) is 2.94. The molecular formula is C15H24N2O3S. The Kier molecular flexibility index (Phi) is 5.24. The van der Waals surface area contributed by atoms with Crippen LogP contribution in [0.3, 0.4) is 0 Å². The lowest BCUT2D eigenvalue weighted by atomic mass is 10.1. The van der Waals surface area contributed by atoms with Gasteiger partial charge in [0.25, 0.3) is 10.2 Å². The van der Waals surface area contributed by atoms with Crippen molar-refractivity contribution in [3.8, 4) is 5.75 Å². The van der Waals surface area contributed by atoms with Crippen molar-refractivity contribution in [3.63, 3.8) is 0 Å². The van der Waals surface area contributed by atoms with E-state index in [1.807, 2.05) is 24.3 Å². The molecule has 2 rings (SSSR count). The van der Waals surface area contributed by atoms with Gasteiger partial charge in [-0.15, -0.1) is 0 Å². The number of hydrogen-bond acceptors (Lipinski definition) is 3. The fourth-order valence-corrected chi connectivity index (χ4v) is 3.86. The Hall–Kier alpha value is -1.11. The Morgan fingerprint density at radius 1 is 1.38 bits per heavy atom. The van der Waals surface area contributed by atoms with Gasteiger partial charge in [0.2, 0.25) is 0 Å². The van der Waals surface area contributed by atoms with Gasteiger partial charge in [-0.3, -0.25) is 0 Å². The number of nitrogens with one attached hydrogen (secondary N) is 1. The van der Waals surface area contributed by atoms with Gasteiger partial charge < -0.3 is 4.74 Å². The maximum atomic E-state index is 12.3. The van der Waals surface area contributed by atoms with E-state index in [9.17, 15) is 8.42 Å². The molecule has 1 N–H and O–H groups in total. The minimum atomic E-state index is -3.44. The lowest BCUT2D eigenvalue weighted by Gasteiger charge is -2.21. The van der Waals surface area contributed by atoms with Gasteiger partial charge in [-0.1, -0.05) is 19.1 Å². The minimum absolute atomic E-state index is 0.0674. The summed E-state index contributed by atoms with van der Waals surface area (Å²) in [4.78, 5) is 0. The van der Waals surface area contributed by atoms with E-state index in [0.29, 0.717) is 12.5 Å². The molecule has 2 unspecified atom stereocenters. The Morgan fingerprint density at radius 3 is 2.76 bits per heavy atom. The van der Waals surface area contributed by atoms with Crippen molar-refractivity contribution in [3.05, 3.63) is 29.8 Å². The van der Waals surface area contributed by atoms with Crippen LogP contribution >= 0.6 is 0 Å². The van der Waals surface area contributed by atoms with E-state index in [0.717, 1.165) is 30.6 Å². The molecule has 1 saturated carbocycles. The Bertz CT molecular complexity index is 574. The Morgan fingerprint density at radius 2 is 2.14 bits per heavy atom. The van der Waals surface area contributed by atoms with Crippen LogP contribution in [-0.4, -0.2) is 32.9 Å². The average molecular weight is 312 g/mol. The lowest BCUT2D eigenvalue weighted by Crippen LogP contribution is -2.42. The molecule has 1 aromatic rings. The van der Waals surface area contributed by atoms with Crippen LogP contribution in [0.2, 0.25) is 0 Å². The van der Waals surface area contributed by atoms with Crippen LogP contribution in [0.4, 0.5) is 0 Å². The van der Waals surface area contributed by atoms with Gasteiger partial charge in [-0.05, 0) is 42.9 Å². The Labute approximate surface area is 127 Å². The van der Waals surface area contributed by atoms with Crippen molar-refractivity contribution >= 4 is 10.2 Å². The molecule has 5 nitrogen and oxygen atoms in total. The van der Waals surface area contributed by atoms with Crippen LogP contribution in [0.5, 0.6) is 5.75 Å². The van der Waals surface area contributed by atoms with Crippen molar-refractivity contribution in [2.45, 2.75) is 38.8 Å². The highest BCUT2D eigenvalue weighted by Crippen LogP contribution is 2.25. The van der Waals surface area contributed by atoms with Crippen LogP contribution in [0.25, 0.3) is 0 Å². The van der Waals surface area contributed by atoms with Crippen LogP contribution < -0.4 is 9.46 Å². The maximum Gasteiger partial charge on any atom is 0.279 e. The summed E-state index contributed by atoms with van der Waals surface area (Å²) in [6.45, 7) is 2.49. The fourth-order valence-electron chi connectivity index (χ4n) is 2.73. The first-order valence-electron chi connectivity index (χ1n) is 7.27. The number of methoxy groups -OCH3 is 1. The summed E-state index contributed by atoms with van der Waals surface area (Å²) >= 11 is 0. The zero-order valence-electron chi connectivity index (χ0n) is 12.9. The average Bonchev–Trinajstić information content (AvgIpc) is 2.83. The molecule has 1 aliphatic rings. The minimum Gasteiger partial charge on any atom is -0.497 e. The van der Waals surface area contributed by atoms with E-state index in [4.69, 9.17) is 4.74 Å². The molecule has 21 heavy (non-hydrogen) atoms. The summed E-state index contributed by atoms with van der Waals surface area (Å²) in [5.41, 5.74) is 0.905. The summed E-state index contributed by atoms with van der Waals surface area (Å²) in [5, 5.41) is 0. The van der Waals surface area contributed by atoms with Crippen molar-refractivity contribution < 1.29 is 13.2 Å². The molecular weight excluding hydrogens is 288 g/mol. The van der Waals surface area contributed by atoms with Crippen molar-refractivity contribution in [1.29, 1.82) is 0 Å². The number of hydrogen-bond donors (Lipinski definition) is 1. The molecule has 0 heterocycles. The van der Waals surface area contributed by atoms with E-state index >= 15 is 0 Å². The monoisotopic (exact) mass is 312 g/mol. The first kappa shape index (κ1) is 16.3. The van der Waals surface area contributed by atoms with Crippen LogP contribution in [0.15, 0.2) is 24.3 Å². The van der Waals surface area contributed by atoms with E-state index in [1.54, 1.807) is 14.2 Å². The van der Waals surface area contributed by atoms with Gasteiger partial charge in [0, 0.05) is 19.6 Å². The predicted molar refractivity (Wildman–Crippen MR) is 83.3 cm³/mol. The smallest absolute Gasteiger partial charge is 0.279 e. The molecule has 1 aliphatic carbocycles. The van der Waals surface area contributed by atoms with Crippen LogP contribution in [-0.2, 0) is 16.8 Å². The number of nitrogens with zero attached hydrogens (tertiary/aromatic N) is 1. The van der Waals surface area contributed by atoms with Crippen LogP contribution in [0.1, 0.15) is 31.7 Å². The topological polar surface area (TPSA) is 58.6 Å². The van der Waals surface area contributed by atoms with Crippen molar-refractivity contribution in [2.75, 3.05) is 14.2 Å². The summed E-state index contributed by atoms with van der Waals surface area (Å²) < 4.78 is 34.0. The third-order valence-corrected chi connectivity index (χ3v) is 5.54. The zero-order valence-corrected chi connectivity index (χ0v) is 13.7. The maximum absolute atomic E-state index is 12.3. The lowest BCUT2D eigenvalue weighted by molar-refractivity contribution is 0.411. The molecule has 0 aromatic heterocycles. The number of ether oxygens (including phenoxy) is 1. The molecule has 1 fully saturated rings. The first-order valence-corrected chi connectivity index (χ1v) is 8.71. The second-order valence-corrected chi connectivity index (χ2v) is 7.65. The molecule has 6 heteroatoms. The highest BCUT2D eigenvalue weighted by molar-refractivity contribution is 7.87. The molecule has 0 radical (unpaired) electrons. The number of rotatable bonds is 6. The highest BCUT2D eigenvalue weighted by Gasteiger charge is 2.27. The summed E-state index contributed by atoms with van der Waals surface area (Å²) in [6, 6.07) is 7.52. The molecule has 0 aliphatic heterocycles. The summed E-state index contributed by atoms with van der Waals surface area (Å²) in [7, 11) is -0.245. The molecule has 0 spiro atoms. The van der Waals surface area contributed by atoms with Gasteiger partial charge >= 0.3 is 0 Å². The van der Waals surface area contributed by atoms with E-state index in [2.05, 4.69) is 11.6 Å². The van der Waals surface area contributed by atoms with E-state index < -0.39 is 10.2 Å². The van der Waals surface area contributed by atoms with Crippen LogP contribution in [0, 0.1) is 5.92 Å². The molecule has 0 saturated heterocycles. The molecule has 2 atom stereocenters. The van der Waals surface area contributed by atoms with E-state index in [-0.39, 0.29) is 6.04 Å². The van der Waals surface area contributed by atoms with Gasteiger partial charge in [-0.25, -0.2) is 0 Å². The SMILES string of the molecule is COc1cccc(CN(C)S(=O)(=O)NC2CCC(C)C2)c1. The van der Waals surface area contributed by atoms with Crippen molar-refractivity contribution in [1.82, 2.24) is 9.03 Å². The second-order valence-electron chi connectivity index (χ2n) is 5.85. The van der Waals surface area contributed by atoms with Gasteiger partial charge in [0.15, 0.2) is 0 Å². The predicted octanol–water partition coefficient (Wildman–Crippen LogP) is 2.15. The molecule has 0 bridgehead atoms. The number of benzene rings is 1. The Balaban J connectivity index is 1.99. The molecule has 0 amide bonds. The fraction of sp³-hybridized carbons (Fsp3) is 0.600. The first-order chi connectivity index (χ1) is 9.90. The third-order valence-electron chi connectivity index (χ3n) is 3.96. The van der Waals surface area contributed by atoms with Gasteiger partial charge in [-0.2, -0.15) is 17.4 Å². The van der Waals surface area contributed by atoms with Gasteiger partial charge in [0.1, 0.15) is 5.75 Å². The second kappa shape index (κ2) is 6.77. The molecule has 1 aromatic carbocycles. The van der Waals surface area contributed by atoms with Gasteiger partial charge in [0.05, 0.1) is 7.11 Å². The normalized spacial score (nSPS) is 22.7. The van der Waals surface area contributed by atoms with E-state index in [1.165, 1.54) is 4.31 Å². The largest absolute Gasteiger partial charge is 0.497 e. The standard InChI is InChI=1S/C15H24N2O3S/c1-12-7-8-14(9-12)16-21(18,19)17(2)11-13-5-4-6-15(10-13)20-3/h4-6,10,12,14,16H,7-9,11H2,1-3H3. The third kappa shape index (κ3) is 4.43. The summed E-state index contributed by atoms with van der Waals surface area (Å²) in [5.74, 6) is 1.33. The quantitative estimate of drug-likeness (QED) is 0.875. The molecule has 118 valence electrons.